The molecule has 1 aliphatic heterocycles. The third-order valence-corrected chi connectivity index (χ3v) is 4.81. The molecule has 0 bridgehead atoms. The number of carbonyl (C=O) groups is 1. The molecule has 1 aliphatic rings. The first-order valence-electron chi connectivity index (χ1n) is 7.45. The fraction of sp³-hybridized carbons (Fsp3) is 0.533. The number of amides is 1. The number of aryl methyl sites for hydroxylation is 2. The smallest absolute Gasteiger partial charge is 0.244 e. The van der Waals surface area contributed by atoms with Crippen LogP contribution in [0.4, 0.5) is 0 Å². The van der Waals surface area contributed by atoms with Crippen molar-refractivity contribution in [2.45, 2.75) is 39.3 Å². The molecule has 2 aromatic heterocycles. The van der Waals surface area contributed by atoms with Crippen molar-refractivity contribution in [3.63, 3.8) is 0 Å². The number of halogens is 1. The van der Waals surface area contributed by atoms with E-state index < -0.39 is 0 Å². The largest absolute Gasteiger partial charge is 0.334 e. The van der Waals surface area contributed by atoms with E-state index >= 15 is 0 Å². The van der Waals surface area contributed by atoms with Crippen LogP contribution in [-0.4, -0.2) is 36.9 Å². The molecule has 1 saturated heterocycles. The van der Waals surface area contributed by atoms with Crippen molar-refractivity contribution < 1.29 is 4.79 Å². The van der Waals surface area contributed by atoms with Crippen molar-refractivity contribution in [1.29, 1.82) is 0 Å². The van der Waals surface area contributed by atoms with Gasteiger partial charge in [0.2, 0.25) is 5.91 Å². The molecule has 1 fully saturated rings. The molecule has 0 saturated carbocycles. The molecule has 0 unspecified atom stereocenters. The molecule has 2 aromatic rings. The van der Waals surface area contributed by atoms with Gasteiger partial charge in [-0.25, -0.2) is 0 Å². The Morgan fingerprint density at radius 2 is 2.23 bits per heavy atom. The van der Waals surface area contributed by atoms with Gasteiger partial charge in [-0.05, 0) is 26.7 Å². The van der Waals surface area contributed by atoms with Gasteiger partial charge in [-0.1, -0.05) is 11.6 Å². The Hall–Kier alpha value is -1.82. The Morgan fingerprint density at radius 1 is 1.45 bits per heavy atom. The zero-order valence-corrected chi connectivity index (χ0v) is 13.8. The number of carbonyl (C=O) groups excluding carboxylic acids is 1. The van der Waals surface area contributed by atoms with Crippen LogP contribution in [0.15, 0.2) is 12.4 Å². The molecule has 1 atom stereocenters. The summed E-state index contributed by atoms with van der Waals surface area (Å²) in [6.45, 7) is 4.75. The highest BCUT2D eigenvalue weighted by molar-refractivity contribution is 6.31. The maximum atomic E-state index is 12.7. The van der Waals surface area contributed by atoms with Crippen LogP contribution in [0.5, 0.6) is 0 Å². The standard InChI is InChI=1S/C15H20ClN5O/c1-10-15(16)11(2)21(18-10)9-14(22)20-6-4-5-13(20)12-7-17-19(3)8-12/h7-8,13H,4-6,9H2,1-3H3/t13-/m1/s1. The fourth-order valence-electron chi connectivity index (χ4n) is 3.07. The molecule has 0 radical (unpaired) electrons. The molecule has 118 valence electrons. The van der Waals surface area contributed by atoms with Gasteiger partial charge < -0.3 is 4.90 Å². The van der Waals surface area contributed by atoms with E-state index in [-0.39, 0.29) is 18.5 Å². The van der Waals surface area contributed by atoms with Gasteiger partial charge in [-0.3, -0.25) is 14.2 Å². The van der Waals surface area contributed by atoms with E-state index in [1.807, 2.05) is 38.2 Å². The molecule has 6 nitrogen and oxygen atoms in total. The van der Waals surface area contributed by atoms with Crippen LogP contribution in [0, 0.1) is 13.8 Å². The lowest BCUT2D eigenvalue weighted by molar-refractivity contribution is -0.133. The highest BCUT2D eigenvalue weighted by atomic mass is 35.5. The second-order valence-electron chi connectivity index (χ2n) is 5.83. The fourth-order valence-corrected chi connectivity index (χ4v) is 3.21. The maximum absolute atomic E-state index is 12.7. The van der Waals surface area contributed by atoms with Gasteiger partial charge in [0.05, 0.1) is 28.6 Å². The highest BCUT2D eigenvalue weighted by Crippen LogP contribution is 2.32. The second kappa shape index (κ2) is 5.76. The predicted octanol–water partition coefficient (Wildman–Crippen LogP) is 2.25. The first-order valence-corrected chi connectivity index (χ1v) is 7.82. The van der Waals surface area contributed by atoms with Crippen molar-refractivity contribution in [3.05, 3.63) is 34.4 Å². The number of rotatable bonds is 3. The minimum Gasteiger partial charge on any atom is -0.334 e. The molecule has 0 N–H and O–H groups in total. The Labute approximate surface area is 134 Å². The molecule has 0 aromatic carbocycles. The Balaban J connectivity index is 1.77. The van der Waals surface area contributed by atoms with Crippen molar-refractivity contribution in [3.8, 4) is 0 Å². The van der Waals surface area contributed by atoms with Crippen LogP contribution < -0.4 is 0 Å². The Bertz CT molecular complexity index is 705. The average molecular weight is 322 g/mol. The van der Waals surface area contributed by atoms with E-state index in [2.05, 4.69) is 10.2 Å². The molecular weight excluding hydrogens is 302 g/mol. The predicted molar refractivity (Wildman–Crippen MR) is 83.6 cm³/mol. The van der Waals surface area contributed by atoms with Gasteiger partial charge in [0.25, 0.3) is 0 Å². The summed E-state index contributed by atoms with van der Waals surface area (Å²) >= 11 is 6.15. The molecule has 1 amide bonds. The Morgan fingerprint density at radius 3 is 2.82 bits per heavy atom. The first kappa shape index (κ1) is 15.1. The number of aromatic nitrogens is 4. The van der Waals surface area contributed by atoms with Crippen molar-refractivity contribution in [2.24, 2.45) is 7.05 Å². The quantitative estimate of drug-likeness (QED) is 0.871. The lowest BCUT2D eigenvalue weighted by Crippen LogP contribution is -2.33. The Kier molecular flexibility index (Phi) is 3.95. The summed E-state index contributed by atoms with van der Waals surface area (Å²) in [6, 6.07) is 0.119. The van der Waals surface area contributed by atoms with Crippen molar-refractivity contribution in [2.75, 3.05) is 6.54 Å². The molecule has 7 heteroatoms. The third-order valence-electron chi connectivity index (χ3n) is 4.26. The van der Waals surface area contributed by atoms with Crippen molar-refractivity contribution >= 4 is 17.5 Å². The van der Waals surface area contributed by atoms with Crippen LogP contribution in [0.2, 0.25) is 5.02 Å². The minimum absolute atomic E-state index is 0.0774. The monoisotopic (exact) mass is 321 g/mol. The number of hydrogen-bond acceptors (Lipinski definition) is 3. The summed E-state index contributed by atoms with van der Waals surface area (Å²) in [5, 5.41) is 9.19. The average Bonchev–Trinajstić information content (AvgIpc) is 3.16. The molecular formula is C15H20ClN5O. The third kappa shape index (κ3) is 2.63. The van der Waals surface area contributed by atoms with E-state index in [0.717, 1.165) is 36.3 Å². The van der Waals surface area contributed by atoms with Gasteiger partial charge in [0.1, 0.15) is 6.54 Å². The zero-order chi connectivity index (χ0) is 15.9. The normalized spacial score (nSPS) is 18.2. The molecule has 0 spiro atoms. The number of nitrogens with zero attached hydrogens (tertiary/aromatic N) is 5. The van der Waals surface area contributed by atoms with Gasteiger partial charge in [-0.2, -0.15) is 10.2 Å². The number of hydrogen-bond donors (Lipinski definition) is 0. The van der Waals surface area contributed by atoms with Crippen molar-refractivity contribution in [1.82, 2.24) is 24.5 Å². The van der Waals surface area contributed by atoms with Crippen LogP contribution in [0.1, 0.15) is 35.8 Å². The highest BCUT2D eigenvalue weighted by Gasteiger charge is 2.31. The van der Waals surface area contributed by atoms with E-state index in [1.165, 1.54) is 0 Å². The molecule has 3 heterocycles. The van der Waals surface area contributed by atoms with Crippen LogP contribution in [0.25, 0.3) is 0 Å². The molecule has 0 aliphatic carbocycles. The van der Waals surface area contributed by atoms with E-state index in [9.17, 15) is 4.79 Å². The lowest BCUT2D eigenvalue weighted by Gasteiger charge is -2.24. The SMILES string of the molecule is Cc1nn(CC(=O)N2CCC[C@@H]2c2cnn(C)c2)c(C)c1Cl. The maximum Gasteiger partial charge on any atom is 0.244 e. The van der Waals surface area contributed by atoms with E-state index in [4.69, 9.17) is 11.6 Å². The summed E-state index contributed by atoms with van der Waals surface area (Å²) in [6.07, 6.45) is 5.82. The topological polar surface area (TPSA) is 56.0 Å². The summed E-state index contributed by atoms with van der Waals surface area (Å²) < 4.78 is 3.47. The summed E-state index contributed by atoms with van der Waals surface area (Å²) in [7, 11) is 1.89. The summed E-state index contributed by atoms with van der Waals surface area (Å²) in [5.41, 5.74) is 2.70. The van der Waals surface area contributed by atoms with Crippen LogP contribution in [-0.2, 0) is 18.4 Å². The van der Waals surface area contributed by atoms with Crippen LogP contribution >= 0.6 is 11.6 Å². The molecule has 22 heavy (non-hydrogen) atoms. The van der Waals surface area contributed by atoms with Crippen LogP contribution in [0.3, 0.4) is 0 Å². The van der Waals surface area contributed by atoms with E-state index in [1.54, 1.807) is 9.36 Å². The number of likely N-dealkylation sites (tertiary alicyclic amines) is 1. The minimum atomic E-state index is 0.0774. The summed E-state index contributed by atoms with van der Waals surface area (Å²) in [4.78, 5) is 14.6. The van der Waals surface area contributed by atoms with Gasteiger partial charge in [0, 0.05) is 25.4 Å². The van der Waals surface area contributed by atoms with Gasteiger partial charge >= 0.3 is 0 Å². The first-order chi connectivity index (χ1) is 10.5. The van der Waals surface area contributed by atoms with Gasteiger partial charge in [0.15, 0.2) is 0 Å². The molecule has 3 rings (SSSR count). The van der Waals surface area contributed by atoms with E-state index in [0.29, 0.717) is 5.02 Å². The zero-order valence-electron chi connectivity index (χ0n) is 13.1. The second-order valence-corrected chi connectivity index (χ2v) is 6.21. The van der Waals surface area contributed by atoms with Gasteiger partial charge in [-0.15, -0.1) is 0 Å². The summed E-state index contributed by atoms with van der Waals surface area (Å²) in [5.74, 6) is 0.0774. The lowest BCUT2D eigenvalue weighted by atomic mass is 10.1.